The Morgan fingerprint density at radius 2 is 1.00 bits per heavy atom. The molecule has 2 unspecified atom stereocenters. The molecule has 4 aliphatic carbocycles. The van der Waals surface area contributed by atoms with Crippen molar-refractivity contribution in [3.05, 3.63) is 94.1 Å². The van der Waals surface area contributed by atoms with Gasteiger partial charge in [-0.1, -0.05) is 36.5 Å². The molecule has 6 N–H and O–H groups in total. The van der Waals surface area contributed by atoms with Crippen LogP contribution in [0, 0.1) is 0 Å². The van der Waals surface area contributed by atoms with Gasteiger partial charge in [0, 0.05) is 46.9 Å². The van der Waals surface area contributed by atoms with E-state index in [-0.39, 0.29) is 46.7 Å². The van der Waals surface area contributed by atoms with E-state index in [1.165, 1.54) is 12.1 Å². The molecule has 2 aromatic carbocycles. The van der Waals surface area contributed by atoms with Gasteiger partial charge < -0.3 is 30.6 Å². The first-order valence-corrected chi connectivity index (χ1v) is 11.6. The fourth-order valence-electron chi connectivity index (χ4n) is 6.50. The van der Waals surface area contributed by atoms with Crippen molar-refractivity contribution in [3.63, 3.8) is 0 Å². The van der Waals surface area contributed by atoms with E-state index in [0.717, 1.165) is 33.4 Å². The monoisotopic (exact) mass is 458 g/mol. The van der Waals surface area contributed by atoms with Gasteiger partial charge in [-0.15, -0.1) is 0 Å². The zero-order valence-corrected chi connectivity index (χ0v) is 18.3. The number of benzene rings is 2. The van der Waals surface area contributed by atoms with E-state index in [4.69, 9.17) is 0 Å². The molecule has 4 aliphatic rings. The Bertz CT molecular complexity index is 1220. The van der Waals surface area contributed by atoms with Crippen molar-refractivity contribution < 1.29 is 30.6 Å². The SMILES string of the molecule is Oc1cc(O)c2c(c1)[C@@H]1[C@@H](c3cc(O)cc(O)c3[C@H]1C1=CCC(O)C=C1)[C@@H]2C1=CCC(O)C=C1. The lowest BCUT2D eigenvalue weighted by Crippen LogP contribution is -2.14. The molecule has 6 heteroatoms. The van der Waals surface area contributed by atoms with Crippen molar-refractivity contribution in [1.29, 1.82) is 0 Å². The highest BCUT2D eigenvalue weighted by Crippen LogP contribution is 2.69. The van der Waals surface area contributed by atoms with Crippen LogP contribution in [0.4, 0.5) is 0 Å². The summed E-state index contributed by atoms with van der Waals surface area (Å²) in [6, 6.07) is 6.07. The zero-order chi connectivity index (χ0) is 23.7. The lowest BCUT2D eigenvalue weighted by Gasteiger charge is -2.26. The summed E-state index contributed by atoms with van der Waals surface area (Å²) in [7, 11) is 0. The summed E-state index contributed by atoms with van der Waals surface area (Å²) in [5.41, 5.74) is 4.93. The number of aliphatic hydroxyl groups excluding tert-OH is 2. The van der Waals surface area contributed by atoms with Crippen LogP contribution in [0.25, 0.3) is 0 Å². The van der Waals surface area contributed by atoms with Gasteiger partial charge in [-0.2, -0.15) is 0 Å². The molecule has 0 spiro atoms. The molecular weight excluding hydrogens is 432 g/mol. The molecule has 2 aromatic rings. The van der Waals surface area contributed by atoms with E-state index in [1.807, 2.05) is 24.3 Å². The maximum absolute atomic E-state index is 11.0. The third-order valence-electron chi connectivity index (χ3n) is 7.73. The van der Waals surface area contributed by atoms with Crippen molar-refractivity contribution in [2.24, 2.45) is 0 Å². The van der Waals surface area contributed by atoms with Crippen LogP contribution >= 0.6 is 0 Å². The first kappa shape index (κ1) is 21.1. The smallest absolute Gasteiger partial charge is 0.123 e. The number of hydrogen-bond acceptors (Lipinski definition) is 6. The van der Waals surface area contributed by atoms with Gasteiger partial charge in [0.25, 0.3) is 0 Å². The molecule has 174 valence electrons. The predicted molar refractivity (Wildman–Crippen MR) is 126 cm³/mol. The number of aromatic hydroxyl groups is 4. The highest BCUT2D eigenvalue weighted by molar-refractivity contribution is 5.69. The second kappa shape index (κ2) is 7.52. The van der Waals surface area contributed by atoms with E-state index in [0.29, 0.717) is 12.8 Å². The lowest BCUT2D eigenvalue weighted by molar-refractivity contribution is 0.224. The molecule has 0 aliphatic heterocycles. The van der Waals surface area contributed by atoms with Gasteiger partial charge in [-0.05, 0) is 47.2 Å². The average Bonchev–Trinajstić information content (AvgIpc) is 3.29. The van der Waals surface area contributed by atoms with Crippen molar-refractivity contribution in [2.45, 2.75) is 48.7 Å². The van der Waals surface area contributed by atoms with Gasteiger partial charge in [-0.25, -0.2) is 0 Å². The van der Waals surface area contributed by atoms with Crippen molar-refractivity contribution >= 4 is 0 Å². The van der Waals surface area contributed by atoms with E-state index in [1.54, 1.807) is 24.3 Å². The normalized spacial score (nSPS) is 31.0. The molecule has 34 heavy (non-hydrogen) atoms. The largest absolute Gasteiger partial charge is 0.508 e. The minimum Gasteiger partial charge on any atom is -0.508 e. The number of fused-ring (bicyclic) bond motifs is 5. The van der Waals surface area contributed by atoms with Crippen molar-refractivity contribution in [2.75, 3.05) is 0 Å². The summed E-state index contributed by atoms with van der Waals surface area (Å²) in [6.45, 7) is 0. The number of aliphatic hydroxyl groups is 2. The van der Waals surface area contributed by atoms with Gasteiger partial charge in [-0.3, -0.25) is 0 Å². The Morgan fingerprint density at radius 1 is 0.588 bits per heavy atom. The molecule has 6 nitrogen and oxygen atoms in total. The van der Waals surface area contributed by atoms with Crippen LogP contribution in [0.1, 0.15) is 58.8 Å². The number of allylic oxidation sites excluding steroid dienone is 4. The number of rotatable bonds is 2. The highest BCUT2D eigenvalue weighted by atomic mass is 16.3. The van der Waals surface area contributed by atoms with E-state index >= 15 is 0 Å². The zero-order valence-electron chi connectivity index (χ0n) is 18.3. The van der Waals surface area contributed by atoms with E-state index in [2.05, 4.69) is 0 Å². The first-order chi connectivity index (χ1) is 16.3. The molecule has 0 heterocycles. The number of phenolic OH excluding ortho intramolecular Hbond substituents is 4. The Balaban J connectivity index is 1.62. The highest BCUT2D eigenvalue weighted by Gasteiger charge is 2.54. The second-order valence-corrected chi connectivity index (χ2v) is 9.68. The van der Waals surface area contributed by atoms with Crippen LogP contribution in [-0.4, -0.2) is 42.8 Å². The third-order valence-corrected chi connectivity index (χ3v) is 7.73. The third kappa shape index (κ3) is 3.02. The maximum Gasteiger partial charge on any atom is 0.123 e. The van der Waals surface area contributed by atoms with E-state index in [9.17, 15) is 30.6 Å². The fourth-order valence-corrected chi connectivity index (χ4v) is 6.50. The standard InChI is InChI=1S/C28H26O6/c29-15-5-1-13(2-6-15)23-25-19(9-17(31)11-21(25)33)28-24(14-3-7-16(30)8-4-14)26-20(27(23)28)10-18(32)12-22(26)34/h1-5,7,9-12,15-16,23-24,27-34H,6,8H2/t15?,16?,23-,24-,27+,28+/m1/s1. The fraction of sp³-hybridized carbons (Fsp3) is 0.286. The van der Waals surface area contributed by atoms with Gasteiger partial charge in [0.1, 0.15) is 23.0 Å². The summed E-state index contributed by atoms with van der Waals surface area (Å²) in [4.78, 5) is 0. The molecule has 0 bridgehead atoms. The Morgan fingerprint density at radius 3 is 1.35 bits per heavy atom. The summed E-state index contributed by atoms with van der Waals surface area (Å²) in [6.07, 6.45) is 11.0. The Hall–Kier alpha value is -3.48. The topological polar surface area (TPSA) is 121 Å². The number of hydrogen-bond donors (Lipinski definition) is 6. The quantitative estimate of drug-likeness (QED) is 0.404. The maximum atomic E-state index is 11.0. The van der Waals surface area contributed by atoms with Gasteiger partial charge in [0.2, 0.25) is 0 Å². The summed E-state index contributed by atoms with van der Waals surface area (Å²) in [5, 5.41) is 62.8. The molecular formula is C28H26O6. The van der Waals surface area contributed by atoms with Crippen molar-refractivity contribution in [1.82, 2.24) is 0 Å². The molecule has 0 amide bonds. The van der Waals surface area contributed by atoms with Crippen LogP contribution in [0.15, 0.2) is 71.9 Å². The minimum atomic E-state index is -0.561. The minimum absolute atomic E-state index is 0.00286. The molecule has 0 fully saturated rings. The Labute approximate surface area is 196 Å². The van der Waals surface area contributed by atoms with Gasteiger partial charge in [0.05, 0.1) is 12.2 Å². The molecule has 0 aromatic heterocycles. The lowest BCUT2D eigenvalue weighted by atomic mass is 9.77. The summed E-state index contributed by atoms with van der Waals surface area (Å²) >= 11 is 0. The number of phenols is 4. The first-order valence-electron chi connectivity index (χ1n) is 11.6. The van der Waals surface area contributed by atoms with E-state index < -0.39 is 12.2 Å². The van der Waals surface area contributed by atoms with Crippen LogP contribution in [0.2, 0.25) is 0 Å². The van der Waals surface area contributed by atoms with Crippen molar-refractivity contribution in [3.8, 4) is 23.0 Å². The average molecular weight is 459 g/mol. The summed E-state index contributed by atoms with van der Waals surface area (Å²) < 4.78 is 0. The predicted octanol–water partition coefficient (Wildman–Crippen LogP) is 4.07. The molecule has 0 saturated heterocycles. The molecule has 0 saturated carbocycles. The van der Waals surface area contributed by atoms with Crippen LogP contribution in [0.5, 0.6) is 23.0 Å². The summed E-state index contributed by atoms with van der Waals surface area (Å²) in [5.74, 6) is -1.07. The van der Waals surface area contributed by atoms with Gasteiger partial charge >= 0.3 is 0 Å². The molecule has 6 rings (SSSR count). The molecule has 0 radical (unpaired) electrons. The van der Waals surface area contributed by atoms with Crippen LogP contribution in [0.3, 0.4) is 0 Å². The second-order valence-electron chi connectivity index (χ2n) is 9.68. The van der Waals surface area contributed by atoms with Crippen LogP contribution in [-0.2, 0) is 0 Å². The van der Waals surface area contributed by atoms with Crippen LogP contribution < -0.4 is 0 Å². The Kier molecular flexibility index (Phi) is 4.66. The van der Waals surface area contributed by atoms with Gasteiger partial charge in [0.15, 0.2) is 0 Å². The molecule has 6 atom stereocenters.